The predicted octanol–water partition coefficient (Wildman–Crippen LogP) is 4.02. The number of carbonyl (C=O) groups is 1. The molecular weight excluding hydrogens is 260 g/mol. The number of piperidine rings is 1. The molecule has 3 heteroatoms. The minimum Gasteiger partial charge on any atom is -0.398 e. The molecule has 2 aliphatic rings. The number of nitrogens with zero attached hydrogens (tertiary/aromatic N) is 1. The van der Waals surface area contributed by atoms with Gasteiger partial charge in [0, 0.05) is 30.0 Å². The molecule has 1 aliphatic heterocycles. The molecule has 1 spiro atoms. The van der Waals surface area contributed by atoms with E-state index in [1.165, 1.54) is 50.6 Å². The van der Waals surface area contributed by atoms with Gasteiger partial charge in [0.2, 0.25) is 0 Å². The number of ketones is 1. The van der Waals surface area contributed by atoms with Gasteiger partial charge in [0.1, 0.15) is 0 Å². The minimum atomic E-state index is 0.0406. The third kappa shape index (κ3) is 2.92. The third-order valence-corrected chi connectivity index (χ3v) is 5.52. The topological polar surface area (TPSA) is 46.3 Å². The lowest BCUT2D eigenvalue weighted by Gasteiger charge is -2.45. The summed E-state index contributed by atoms with van der Waals surface area (Å²) in [6.07, 6.45) is 9.72. The molecule has 0 radical (unpaired) electrons. The van der Waals surface area contributed by atoms with Crippen molar-refractivity contribution in [3.05, 3.63) is 23.8 Å². The summed E-state index contributed by atoms with van der Waals surface area (Å²) in [6.45, 7) is 3.82. The number of nitrogens with two attached hydrogens (primary N) is 1. The summed E-state index contributed by atoms with van der Waals surface area (Å²) in [5, 5.41) is 0. The van der Waals surface area contributed by atoms with Crippen LogP contribution in [0.25, 0.3) is 0 Å². The molecule has 0 amide bonds. The molecule has 114 valence electrons. The first-order valence-electron chi connectivity index (χ1n) is 8.25. The molecule has 1 heterocycles. The van der Waals surface area contributed by atoms with Crippen LogP contribution in [0.15, 0.2) is 18.2 Å². The van der Waals surface area contributed by atoms with Crippen molar-refractivity contribution in [3.63, 3.8) is 0 Å². The van der Waals surface area contributed by atoms with E-state index >= 15 is 0 Å². The van der Waals surface area contributed by atoms with Crippen LogP contribution < -0.4 is 10.6 Å². The summed E-state index contributed by atoms with van der Waals surface area (Å²) >= 11 is 0. The molecule has 1 saturated carbocycles. The van der Waals surface area contributed by atoms with Crippen molar-refractivity contribution in [1.29, 1.82) is 0 Å². The van der Waals surface area contributed by atoms with Gasteiger partial charge < -0.3 is 10.6 Å². The lowest BCUT2D eigenvalue weighted by Crippen LogP contribution is -2.41. The summed E-state index contributed by atoms with van der Waals surface area (Å²) < 4.78 is 0. The Morgan fingerprint density at radius 2 is 1.76 bits per heavy atom. The fraction of sp³-hybridized carbons (Fsp3) is 0.611. The standard InChI is InChI=1S/C18H26N2O/c1-14(21)16-6-5-15(13-17(16)19)20-11-9-18(10-12-20)7-3-2-4-8-18/h5-6,13H,2-4,7-12,19H2,1H3. The van der Waals surface area contributed by atoms with Crippen molar-refractivity contribution >= 4 is 17.2 Å². The van der Waals surface area contributed by atoms with E-state index in [2.05, 4.69) is 4.90 Å². The first-order chi connectivity index (χ1) is 10.1. The van der Waals surface area contributed by atoms with Gasteiger partial charge in [-0.25, -0.2) is 0 Å². The molecule has 2 N–H and O–H groups in total. The van der Waals surface area contributed by atoms with Crippen molar-refractivity contribution in [3.8, 4) is 0 Å². The van der Waals surface area contributed by atoms with Crippen LogP contribution in [0.1, 0.15) is 62.2 Å². The molecule has 0 bridgehead atoms. The van der Waals surface area contributed by atoms with Gasteiger partial charge in [-0.15, -0.1) is 0 Å². The summed E-state index contributed by atoms with van der Waals surface area (Å²) in [6, 6.07) is 5.89. The van der Waals surface area contributed by atoms with E-state index in [0.717, 1.165) is 13.1 Å². The summed E-state index contributed by atoms with van der Waals surface area (Å²) in [7, 11) is 0. The van der Waals surface area contributed by atoms with E-state index in [4.69, 9.17) is 5.73 Å². The van der Waals surface area contributed by atoms with Gasteiger partial charge in [-0.3, -0.25) is 4.79 Å². The summed E-state index contributed by atoms with van der Waals surface area (Å²) in [4.78, 5) is 13.9. The molecule has 2 fully saturated rings. The number of Topliss-reactive ketones (excluding diaryl/α,β-unsaturated/α-hetero) is 1. The number of carbonyl (C=O) groups excluding carboxylic acids is 1. The van der Waals surface area contributed by atoms with E-state index in [1.807, 2.05) is 18.2 Å². The third-order valence-electron chi connectivity index (χ3n) is 5.52. The van der Waals surface area contributed by atoms with E-state index in [0.29, 0.717) is 16.7 Å². The molecule has 1 aliphatic carbocycles. The maximum atomic E-state index is 11.5. The second-order valence-electron chi connectivity index (χ2n) is 6.88. The van der Waals surface area contributed by atoms with Gasteiger partial charge in [-0.1, -0.05) is 19.3 Å². The summed E-state index contributed by atoms with van der Waals surface area (Å²) in [5.41, 5.74) is 9.06. The van der Waals surface area contributed by atoms with Crippen molar-refractivity contribution < 1.29 is 4.79 Å². The van der Waals surface area contributed by atoms with Crippen LogP contribution in [-0.2, 0) is 0 Å². The van der Waals surface area contributed by atoms with Crippen LogP contribution in [0.2, 0.25) is 0 Å². The Labute approximate surface area is 127 Å². The molecule has 0 aromatic heterocycles. The van der Waals surface area contributed by atoms with E-state index in [9.17, 15) is 4.79 Å². The number of benzene rings is 1. The van der Waals surface area contributed by atoms with Crippen LogP contribution in [-0.4, -0.2) is 18.9 Å². The zero-order valence-corrected chi connectivity index (χ0v) is 13.0. The van der Waals surface area contributed by atoms with Gasteiger partial charge in [-0.2, -0.15) is 0 Å². The molecule has 1 aromatic rings. The molecule has 1 saturated heterocycles. The molecule has 1 aromatic carbocycles. The normalized spacial score (nSPS) is 21.5. The Kier molecular flexibility index (Phi) is 3.92. The van der Waals surface area contributed by atoms with E-state index in [1.54, 1.807) is 6.92 Å². The number of hydrogen-bond donors (Lipinski definition) is 1. The van der Waals surface area contributed by atoms with Crippen molar-refractivity contribution in [2.75, 3.05) is 23.7 Å². The zero-order chi connectivity index (χ0) is 14.9. The highest BCUT2D eigenvalue weighted by Gasteiger charge is 2.35. The maximum Gasteiger partial charge on any atom is 0.161 e. The highest BCUT2D eigenvalue weighted by atomic mass is 16.1. The quantitative estimate of drug-likeness (QED) is 0.659. The van der Waals surface area contributed by atoms with Crippen molar-refractivity contribution in [1.82, 2.24) is 0 Å². The lowest BCUT2D eigenvalue weighted by molar-refractivity contribution is 0.101. The monoisotopic (exact) mass is 286 g/mol. The zero-order valence-electron chi connectivity index (χ0n) is 13.0. The molecule has 21 heavy (non-hydrogen) atoms. The second-order valence-corrected chi connectivity index (χ2v) is 6.88. The van der Waals surface area contributed by atoms with Crippen LogP contribution in [0, 0.1) is 5.41 Å². The number of nitrogen functional groups attached to an aromatic ring is 1. The second kappa shape index (κ2) is 5.70. The van der Waals surface area contributed by atoms with E-state index < -0.39 is 0 Å². The van der Waals surface area contributed by atoms with Crippen LogP contribution in [0.3, 0.4) is 0 Å². The largest absolute Gasteiger partial charge is 0.398 e. The first-order valence-corrected chi connectivity index (χ1v) is 8.25. The first kappa shape index (κ1) is 14.4. The lowest BCUT2D eigenvalue weighted by atomic mass is 9.68. The van der Waals surface area contributed by atoms with Crippen molar-refractivity contribution in [2.45, 2.75) is 51.9 Å². The molecule has 0 atom stereocenters. The Hall–Kier alpha value is -1.51. The molecule has 0 unspecified atom stereocenters. The Bertz CT molecular complexity index is 522. The van der Waals surface area contributed by atoms with Gasteiger partial charge >= 0.3 is 0 Å². The van der Waals surface area contributed by atoms with E-state index in [-0.39, 0.29) is 5.78 Å². The van der Waals surface area contributed by atoms with Gasteiger partial charge in [0.05, 0.1) is 0 Å². The van der Waals surface area contributed by atoms with Gasteiger partial charge in [0.15, 0.2) is 5.78 Å². The Morgan fingerprint density at radius 1 is 1.10 bits per heavy atom. The molecular formula is C18H26N2O. The van der Waals surface area contributed by atoms with Crippen LogP contribution in [0.4, 0.5) is 11.4 Å². The highest BCUT2D eigenvalue weighted by molar-refractivity contribution is 5.99. The highest BCUT2D eigenvalue weighted by Crippen LogP contribution is 2.45. The number of anilines is 2. The molecule has 3 rings (SSSR count). The Morgan fingerprint density at radius 3 is 2.33 bits per heavy atom. The van der Waals surface area contributed by atoms with Crippen molar-refractivity contribution in [2.24, 2.45) is 5.41 Å². The SMILES string of the molecule is CC(=O)c1ccc(N2CCC3(CCCCC3)CC2)cc1N. The maximum absolute atomic E-state index is 11.5. The van der Waals surface area contributed by atoms with Gasteiger partial charge in [-0.05, 0) is 56.2 Å². The van der Waals surface area contributed by atoms with Gasteiger partial charge in [0.25, 0.3) is 0 Å². The average Bonchev–Trinajstić information content (AvgIpc) is 2.48. The number of hydrogen-bond acceptors (Lipinski definition) is 3. The fourth-order valence-electron chi connectivity index (χ4n) is 4.11. The van der Waals surface area contributed by atoms with Crippen LogP contribution in [0.5, 0.6) is 0 Å². The smallest absolute Gasteiger partial charge is 0.161 e. The van der Waals surface area contributed by atoms with Crippen LogP contribution >= 0.6 is 0 Å². The predicted molar refractivity (Wildman–Crippen MR) is 87.8 cm³/mol. The molecule has 3 nitrogen and oxygen atoms in total. The summed E-state index contributed by atoms with van der Waals surface area (Å²) in [5.74, 6) is 0.0406. The fourth-order valence-corrected chi connectivity index (χ4v) is 4.11. The number of rotatable bonds is 2. The Balaban J connectivity index is 1.69. The average molecular weight is 286 g/mol. The minimum absolute atomic E-state index is 0.0406.